The van der Waals surface area contributed by atoms with Crippen molar-refractivity contribution in [2.75, 3.05) is 39.5 Å². The van der Waals surface area contributed by atoms with E-state index in [0.29, 0.717) is 11.4 Å². The summed E-state index contributed by atoms with van der Waals surface area (Å²) in [5.41, 5.74) is 6.58. The maximum atomic E-state index is 11.6. The number of amides is 1. The number of aromatic nitrogens is 4. The van der Waals surface area contributed by atoms with E-state index >= 15 is 0 Å². The molecule has 1 amide bonds. The molecule has 0 atom stereocenters. The van der Waals surface area contributed by atoms with E-state index in [-0.39, 0.29) is 23.7 Å². The van der Waals surface area contributed by atoms with Crippen molar-refractivity contribution in [3.63, 3.8) is 0 Å². The van der Waals surface area contributed by atoms with E-state index in [0.717, 1.165) is 0 Å². The van der Waals surface area contributed by atoms with E-state index in [9.17, 15) is 4.79 Å². The first-order chi connectivity index (χ1) is 14.5. The topological polar surface area (TPSA) is 144 Å². The van der Waals surface area contributed by atoms with E-state index in [1.165, 1.54) is 14.2 Å². The van der Waals surface area contributed by atoms with Crippen LogP contribution in [-0.4, -0.2) is 54.3 Å². The zero-order valence-corrected chi connectivity index (χ0v) is 19.3. The van der Waals surface area contributed by atoms with Gasteiger partial charge in [0.1, 0.15) is 11.4 Å². The molecule has 0 aromatic carbocycles. The largest absolute Gasteiger partial charge is 0.368 e. The fourth-order valence-electron chi connectivity index (χ4n) is 2.14. The average molecular weight is 437 g/mol. The third-order valence-corrected chi connectivity index (χ3v) is 4.58. The van der Waals surface area contributed by atoms with Crippen LogP contribution in [0.5, 0.6) is 0 Å². The average Bonchev–Trinajstić information content (AvgIpc) is 2.78. The minimum Gasteiger partial charge on any atom is -0.368 e. The Morgan fingerprint density at radius 3 is 1.77 bits per heavy atom. The zero-order valence-electron chi connectivity index (χ0n) is 19.3. The highest BCUT2D eigenvalue weighted by Gasteiger charge is 2.28. The second-order valence-electron chi connectivity index (χ2n) is 6.92. The summed E-state index contributed by atoms with van der Waals surface area (Å²) in [6.45, 7) is 7.10. The minimum absolute atomic E-state index is 0.131. The molecule has 0 radical (unpaired) electrons. The lowest BCUT2D eigenvalue weighted by molar-refractivity contribution is -0.204. The van der Waals surface area contributed by atoms with Gasteiger partial charge in [0.25, 0.3) is 0 Å². The van der Waals surface area contributed by atoms with Crippen LogP contribution in [0.25, 0.3) is 0 Å². The number of hydrogen-bond donors (Lipinski definition) is 2. The second kappa shape index (κ2) is 11.6. The number of carbonyl (C=O) groups excluding carboxylic acids is 1. The highest BCUT2D eigenvalue weighted by molar-refractivity contribution is 5.90. The fourth-order valence-corrected chi connectivity index (χ4v) is 2.14. The summed E-state index contributed by atoms with van der Waals surface area (Å²) < 4.78 is 20.8. The Kier molecular flexibility index (Phi) is 9.85. The summed E-state index contributed by atoms with van der Waals surface area (Å²) in [6.07, 6.45) is 3.11. The number of nitrogens with two attached hydrogens (primary N) is 1. The first-order valence-corrected chi connectivity index (χ1v) is 9.49. The van der Waals surface area contributed by atoms with Gasteiger partial charge in [-0.1, -0.05) is 13.8 Å². The van der Waals surface area contributed by atoms with Gasteiger partial charge in [-0.25, -0.2) is 19.9 Å². The number of nitrogen functional groups attached to an aromatic ring is 1. The fraction of sp³-hybridized carbons (Fsp3) is 0.550. The number of nitrogens with zero attached hydrogens (tertiary/aromatic N) is 4. The van der Waals surface area contributed by atoms with Crippen LogP contribution in [0.4, 0.5) is 11.9 Å². The molecule has 172 valence electrons. The van der Waals surface area contributed by atoms with Crippen molar-refractivity contribution >= 4 is 17.8 Å². The molecule has 0 aliphatic rings. The first-order valence-electron chi connectivity index (χ1n) is 9.49. The molecule has 0 aliphatic carbocycles. The van der Waals surface area contributed by atoms with Gasteiger partial charge in [-0.05, 0) is 26.0 Å². The Balaban J connectivity index is 0.000000327. The van der Waals surface area contributed by atoms with Gasteiger partial charge in [-0.15, -0.1) is 0 Å². The maximum Gasteiger partial charge on any atom is 0.229 e. The Morgan fingerprint density at radius 1 is 0.903 bits per heavy atom. The number of rotatable bonds is 8. The number of anilines is 2. The van der Waals surface area contributed by atoms with Gasteiger partial charge in [0.15, 0.2) is 0 Å². The van der Waals surface area contributed by atoms with Crippen molar-refractivity contribution in [2.24, 2.45) is 5.92 Å². The lowest BCUT2D eigenvalue weighted by Crippen LogP contribution is -2.29. The standard InChI is InChI=1S/C12H19N3O3.C8H13N3O2/c1-8(2)10(16)15-11-13-7-6-9(14-11)12(3,17-4)18-5;1-8(12-2,13-3)6-4-5-10-7(9)11-6/h6-8H,1-5H3,(H,13,14,15,16);4-5H,1-3H3,(H2,9,10,11). The Morgan fingerprint density at radius 2 is 1.35 bits per heavy atom. The SMILES string of the molecule is COC(C)(OC)c1ccnc(N)n1.COC(C)(OC)c1ccnc(NC(=O)C(C)C)n1. The molecule has 0 saturated heterocycles. The highest BCUT2D eigenvalue weighted by atomic mass is 16.7. The maximum absolute atomic E-state index is 11.6. The Bertz CT molecular complexity index is 840. The quantitative estimate of drug-likeness (QED) is 0.590. The molecule has 3 N–H and O–H groups in total. The smallest absolute Gasteiger partial charge is 0.229 e. The lowest BCUT2D eigenvalue weighted by atomic mass is 10.2. The summed E-state index contributed by atoms with van der Waals surface area (Å²) in [7, 11) is 6.14. The van der Waals surface area contributed by atoms with Crippen molar-refractivity contribution in [1.82, 2.24) is 19.9 Å². The van der Waals surface area contributed by atoms with E-state index in [4.69, 9.17) is 24.7 Å². The lowest BCUT2D eigenvalue weighted by Gasteiger charge is -2.25. The molecule has 0 bridgehead atoms. The van der Waals surface area contributed by atoms with Gasteiger partial charge in [0.05, 0.1) is 0 Å². The zero-order chi connectivity index (χ0) is 23.7. The van der Waals surface area contributed by atoms with Crippen LogP contribution in [0, 0.1) is 5.92 Å². The molecule has 0 spiro atoms. The molecule has 2 heterocycles. The van der Waals surface area contributed by atoms with Crippen molar-refractivity contribution in [3.8, 4) is 0 Å². The van der Waals surface area contributed by atoms with E-state index in [2.05, 4.69) is 25.3 Å². The molecule has 0 aliphatic heterocycles. The van der Waals surface area contributed by atoms with Crippen LogP contribution in [-0.2, 0) is 35.3 Å². The van der Waals surface area contributed by atoms with Crippen LogP contribution in [0.15, 0.2) is 24.5 Å². The van der Waals surface area contributed by atoms with Crippen molar-refractivity contribution in [2.45, 2.75) is 39.3 Å². The summed E-state index contributed by atoms with van der Waals surface area (Å²) in [6, 6.07) is 3.38. The second-order valence-corrected chi connectivity index (χ2v) is 6.92. The van der Waals surface area contributed by atoms with E-state index in [1.807, 2.05) is 0 Å². The number of methoxy groups -OCH3 is 4. The number of carbonyl (C=O) groups is 1. The predicted molar refractivity (Wildman–Crippen MR) is 115 cm³/mol. The van der Waals surface area contributed by atoms with Gasteiger partial charge < -0.3 is 24.7 Å². The van der Waals surface area contributed by atoms with Crippen LogP contribution in [0.1, 0.15) is 39.1 Å². The first kappa shape index (κ1) is 26.3. The van der Waals surface area contributed by atoms with Crippen molar-refractivity contribution in [3.05, 3.63) is 35.9 Å². The molecule has 0 saturated carbocycles. The van der Waals surface area contributed by atoms with Crippen LogP contribution in [0.2, 0.25) is 0 Å². The third kappa shape index (κ3) is 7.17. The monoisotopic (exact) mass is 436 g/mol. The predicted octanol–water partition coefficient (Wildman–Crippen LogP) is 2.06. The van der Waals surface area contributed by atoms with Crippen LogP contribution in [0.3, 0.4) is 0 Å². The third-order valence-electron chi connectivity index (χ3n) is 4.58. The van der Waals surface area contributed by atoms with Crippen LogP contribution >= 0.6 is 0 Å². The molecular weight excluding hydrogens is 404 g/mol. The highest BCUT2D eigenvalue weighted by Crippen LogP contribution is 2.24. The van der Waals surface area contributed by atoms with Crippen molar-refractivity contribution in [1.29, 1.82) is 0 Å². The van der Waals surface area contributed by atoms with Crippen LogP contribution < -0.4 is 11.1 Å². The summed E-state index contributed by atoms with van der Waals surface area (Å²) in [5.74, 6) is -1.64. The number of ether oxygens (including phenoxy) is 4. The Hall–Kier alpha value is -2.73. The molecule has 11 nitrogen and oxygen atoms in total. The molecule has 2 aromatic rings. The number of nitrogens with one attached hydrogen (secondary N) is 1. The molecule has 2 rings (SSSR count). The summed E-state index contributed by atoms with van der Waals surface area (Å²) in [5, 5.41) is 2.63. The van der Waals surface area contributed by atoms with Gasteiger partial charge in [0.2, 0.25) is 29.4 Å². The molecule has 0 unspecified atom stereocenters. The van der Waals surface area contributed by atoms with E-state index < -0.39 is 11.6 Å². The van der Waals surface area contributed by atoms with Gasteiger partial charge in [0, 0.05) is 46.8 Å². The van der Waals surface area contributed by atoms with Crippen molar-refractivity contribution < 1.29 is 23.7 Å². The Labute approximate surface area is 182 Å². The molecule has 2 aromatic heterocycles. The van der Waals surface area contributed by atoms with Gasteiger partial charge in [-0.2, -0.15) is 0 Å². The summed E-state index contributed by atoms with van der Waals surface area (Å²) >= 11 is 0. The number of hydrogen-bond acceptors (Lipinski definition) is 10. The van der Waals surface area contributed by atoms with Gasteiger partial charge >= 0.3 is 0 Å². The van der Waals surface area contributed by atoms with Gasteiger partial charge in [-0.3, -0.25) is 10.1 Å². The van der Waals surface area contributed by atoms with E-state index in [1.54, 1.807) is 66.4 Å². The molecular formula is C20H32N6O5. The molecule has 31 heavy (non-hydrogen) atoms. The molecule has 11 heteroatoms. The minimum atomic E-state index is -0.958. The normalized spacial score (nSPS) is 11.6. The molecule has 0 fully saturated rings. The summed E-state index contributed by atoms with van der Waals surface area (Å²) in [4.78, 5) is 27.5.